The molecule has 0 aliphatic carbocycles. The Labute approximate surface area is 54.4 Å². The molecule has 0 radical (unpaired) electrons. The third-order valence-corrected chi connectivity index (χ3v) is 0.353. The summed E-state index contributed by atoms with van der Waals surface area (Å²) < 4.78 is 0. The fraction of sp³-hybridized carbons (Fsp3) is 0.333. The third kappa shape index (κ3) is 7.04. The fourth-order valence-electron chi connectivity index (χ4n) is 0.133. The number of hydrogen-bond acceptors (Lipinski definition) is 3. The summed E-state index contributed by atoms with van der Waals surface area (Å²) in [6.07, 6.45) is 0. The van der Waals surface area contributed by atoms with Gasteiger partial charge in [0.1, 0.15) is 11.5 Å². The van der Waals surface area contributed by atoms with Gasteiger partial charge in [0.05, 0.1) is 0 Å². The molecule has 0 atom stereocenters. The Hall–Kier alpha value is -0.960. The first-order chi connectivity index (χ1) is 4.13. The highest BCUT2D eigenvalue weighted by Crippen LogP contribution is 1.96. The SMILES string of the molecule is C=C(C)OOOC(=C)C. The minimum Gasteiger partial charge on any atom is -0.305 e. The quantitative estimate of drug-likeness (QED) is 0.330. The fourth-order valence-corrected chi connectivity index (χ4v) is 0.133. The molecule has 52 valence electrons. The summed E-state index contributed by atoms with van der Waals surface area (Å²) in [6.45, 7) is 10.1. The van der Waals surface area contributed by atoms with Gasteiger partial charge in [-0.3, -0.25) is 0 Å². The number of allylic oxidation sites excluding steroid dienone is 2. The average Bonchev–Trinajstić information content (AvgIpc) is 1.63. The maximum atomic E-state index is 4.38. The maximum absolute atomic E-state index is 4.38. The molecule has 0 aliphatic heterocycles. The van der Waals surface area contributed by atoms with E-state index in [0.29, 0.717) is 11.5 Å². The summed E-state index contributed by atoms with van der Waals surface area (Å²) in [5.41, 5.74) is 0. The Kier molecular flexibility index (Phi) is 3.55. The van der Waals surface area contributed by atoms with Crippen molar-refractivity contribution in [3.63, 3.8) is 0 Å². The first-order valence-electron chi connectivity index (χ1n) is 2.45. The van der Waals surface area contributed by atoms with Crippen LogP contribution in [0, 0.1) is 0 Å². The average molecular weight is 130 g/mol. The second-order valence-corrected chi connectivity index (χ2v) is 1.64. The molecule has 0 heterocycles. The van der Waals surface area contributed by atoms with Gasteiger partial charge in [0.15, 0.2) is 0 Å². The van der Waals surface area contributed by atoms with Crippen LogP contribution in [0.2, 0.25) is 0 Å². The molecule has 0 amide bonds. The second kappa shape index (κ2) is 3.97. The van der Waals surface area contributed by atoms with Crippen molar-refractivity contribution in [1.82, 2.24) is 0 Å². The van der Waals surface area contributed by atoms with Crippen LogP contribution in [0.4, 0.5) is 0 Å². The van der Waals surface area contributed by atoms with Crippen molar-refractivity contribution in [2.45, 2.75) is 13.8 Å². The van der Waals surface area contributed by atoms with Gasteiger partial charge in [0, 0.05) is 5.04 Å². The Morgan fingerprint density at radius 3 is 1.56 bits per heavy atom. The minimum absolute atomic E-state index is 0.427. The summed E-state index contributed by atoms with van der Waals surface area (Å²) in [5, 5.41) is 4.16. The van der Waals surface area contributed by atoms with E-state index in [1.165, 1.54) is 0 Å². The van der Waals surface area contributed by atoms with Crippen molar-refractivity contribution < 1.29 is 14.8 Å². The molecular weight excluding hydrogens is 120 g/mol. The van der Waals surface area contributed by atoms with Crippen LogP contribution in [-0.2, 0) is 14.8 Å². The van der Waals surface area contributed by atoms with Crippen molar-refractivity contribution in [3.8, 4) is 0 Å². The smallest absolute Gasteiger partial charge is 0.136 e. The zero-order valence-corrected chi connectivity index (χ0v) is 5.64. The summed E-state index contributed by atoms with van der Waals surface area (Å²) in [4.78, 5) is 8.75. The van der Waals surface area contributed by atoms with Crippen LogP contribution in [0.15, 0.2) is 24.7 Å². The van der Waals surface area contributed by atoms with Crippen molar-refractivity contribution in [3.05, 3.63) is 24.7 Å². The van der Waals surface area contributed by atoms with Gasteiger partial charge in [-0.05, 0) is 13.8 Å². The molecule has 0 aromatic heterocycles. The van der Waals surface area contributed by atoms with Gasteiger partial charge in [-0.1, -0.05) is 13.2 Å². The van der Waals surface area contributed by atoms with Crippen LogP contribution in [0.25, 0.3) is 0 Å². The molecule has 0 rings (SSSR count). The highest BCUT2D eigenvalue weighted by Gasteiger charge is 1.87. The molecule has 0 aromatic rings. The van der Waals surface area contributed by atoms with Gasteiger partial charge in [-0.15, -0.1) is 0 Å². The molecule has 0 bridgehead atoms. The molecular formula is C6H10O3. The molecule has 0 unspecified atom stereocenters. The second-order valence-electron chi connectivity index (χ2n) is 1.64. The molecule has 3 heteroatoms. The standard InChI is InChI=1S/C6H10O3/c1-5(2)7-9-8-6(3)4/h1,3H2,2,4H3. The van der Waals surface area contributed by atoms with Crippen LogP contribution < -0.4 is 0 Å². The third-order valence-electron chi connectivity index (χ3n) is 0.353. The summed E-state index contributed by atoms with van der Waals surface area (Å²) in [7, 11) is 0. The van der Waals surface area contributed by atoms with Crippen molar-refractivity contribution in [2.24, 2.45) is 0 Å². The van der Waals surface area contributed by atoms with Gasteiger partial charge < -0.3 is 9.78 Å². The van der Waals surface area contributed by atoms with Crippen LogP contribution in [0.3, 0.4) is 0 Å². The number of hydrogen-bond donors (Lipinski definition) is 0. The van der Waals surface area contributed by atoms with Crippen molar-refractivity contribution in [2.75, 3.05) is 0 Å². The lowest BCUT2D eigenvalue weighted by atomic mass is 10.7. The normalized spacial score (nSPS) is 8.22. The maximum Gasteiger partial charge on any atom is 0.136 e. The topological polar surface area (TPSA) is 27.7 Å². The molecule has 3 nitrogen and oxygen atoms in total. The highest BCUT2D eigenvalue weighted by molar-refractivity contribution is 4.71. The molecule has 0 N–H and O–H groups in total. The van der Waals surface area contributed by atoms with E-state index in [4.69, 9.17) is 0 Å². The number of rotatable bonds is 4. The highest BCUT2D eigenvalue weighted by atomic mass is 17.5. The van der Waals surface area contributed by atoms with Gasteiger partial charge in [-0.2, -0.15) is 0 Å². The Morgan fingerprint density at radius 1 is 1.00 bits per heavy atom. The zero-order chi connectivity index (χ0) is 7.28. The van der Waals surface area contributed by atoms with Crippen LogP contribution in [0.1, 0.15) is 13.8 Å². The summed E-state index contributed by atoms with van der Waals surface area (Å²) >= 11 is 0. The van der Waals surface area contributed by atoms with E-state index < -0.39 is 0 Å². The Balaban J connectivity index is 3.10. The van der Waals surface area contributed by atoms with E-state index in [9.17, 15) is 0 Å². The van der Waals surface area contributed by atoms with E-state index in [2.05, 4.69) is 28.0 Å². The molecule has 0 spiro atoms. The first kappa shape index (κ1) is 8.04. The van der Waals surface area contributed by atoms with Gasteiger partial charge >= 0.3 is 0 Å². The summed E-state index contributed by atoms with van der Waals surface area (Å²) in [5.74, 6) is 0.854. The van der Waals surface area contributed by atoms with Gasteiger partial charge in [0.25, 0.3) is 0 Å². The molecule has 0 fully saturated rings. The minimum atomic E-state index is 0.427. The Bertz CT molecular complexity index is 103. The lowest BCUT2D eigenvalue weighted by Gasteiger charge is -2.00. The molecule has 0 aliphatic rings. The molecule has 9 heavy (non-hydrogen) atoms. The van der Waals surface area contributed by atoms with Crippen LogP contribution in [-0.4, -0.2) is 0 Å². The molecule has 0 saturated heterocycles. The van der Waals surface area contributed by atoms with Crippen LogP contribution >= 0.6 is 0 Å². The zero-order valence-electron chi connectivity index (χ0n) is 5.64. The van der Waals surface area contributed by atoms with Gasteiger partial charge in [0.2, 0.25) is 0 Å². The molecule has 0 saturated carbocycles. The largest absolute Gasteiger partial charge is 0.305 e. The van der Waals surface area contributed by atoms with Crippen molar-refractivity contribution in [1.29, 1.82) is 0 Å². The first-order valence-corrected chi connectivity index (χ1v) is 2.45. The predicted molar refractivity (Wildman–Crippen MR) is 32.9 cm³/mol. The van der Waals surface area contributed by atoms with E-state index in [1.807, 2.05) is 0 Å². The molecule has 0 aromatic carbocycles. The van der Waals surface area contributed by atoms with E-state index in [1.54, 1.807) is 13.8 Å². The lowest BCUT2D eigenvalue weighted by molar-refractivity contribution is -0.477. The van der Waals surface area contributed by atoms with Crippen molar-refractivity contribution >= 4 is 0 Å². The Morgan fingerprint density at radius 2 is 1.33 bits per heavy atom. The monoisotopic (exact) mass is 130 g/mol. The van der Waals surface area contributed by atoms with Gasteiger partial charge in [-0.25, -0.2) is 0 Å². The van der Waals surface area contributed by atoms with E-state index in [-0.39, 0.29) is 0 Å². The predicted octanol–water partition coefficient (Wildman–Crippen LogP) is 1.93. The lowest BCUT2D eigenvalue weighted by Crippen LogP contribution is -1.91. The van der Waals surface area contributed by atoms with E-state index in [0.717, 1.165) is 0 Å². The van der Waals surface area contributed by atoms with Crippen LogP contribution in [0.5, 0.6) is 0 Å². The summed E-state index contributed by atoms with van der Waals surface area (Å²) in [6, 6.07) is 0. The van der Waals surface area contributed by atoms with E-state index >= 15 is 0 Å².